The van der Waals surface area contributed by atoms with Crippen molar-refractivity contribution >= 4 is 0 Å². The van der Waals surface area contributed by atoms with E-state index in [0.717, 1.165) is 30.9 Å². The first-order chi connectivity index (χ1) is 10.7. The van der Waals surface area contributed by atoms with Gasteiger partial charge in [0, 0.05) is 22.9 Å². The van der Waals surface area contributed by atoms with Crippen LogP contribution in [0.3, 0.4) is 0 Å². The predicted molar refractivity (Wildman–Crippen MR) is 82.5 cm³/mol. The van der Waals surface area contributed by atoms with E-state index in [-0.39, 0.29) is 11.5 Å². The lowest BCUT2D eigenvalue weighted by Crippen LogP contribution is -2.64. The first-order valence-corrected chi connectivity index (χ1v) is 8.10. The minimum Gasteiger partial charge on any atom is -0.493 e. The summed E-state index contributed by atoms with van der Waals surface area (Å²) >= 11 is 0. The van der Waals surface area contributed by atoms with Crippen molar-refractivity contribution in [3.05, 3.63) is 35.4 Å². The fourth-order valence-electron chi connectivity index (χ4n) is 5.39. The summed E-state index contributed by atoms with van der Waals surface area (Å²) < 4.78 is 11.8. The van der Waals surface area contributed by atoms with E-state index < -0.39 is 6.10 Å². The normalized spacial score (nSPS) is 41.0. The molecule has 5 rings (SSSR count). The molecule has 0 amide bonds. The average Bonchev–Trinajstić information content (AvgIpc) is 2.88. The van der Waals surface area contributed by atoms with Crippen LogP contribution in [0.25, 0.3) is 0 Å². The highest BCUT2D eigenvalue weighted by atomic mass is 16.5. The van der Waals surface area contributed by atoms with Crippen molar-refractivity contribution in [2.24, 2.45) is 5.92 Å². The maximum Gasteiger partial charge on any atom is 0.165 e. The maximum atomic E-state index is 10.6. The van der Waals surface area contributed by atoms with Crippen molar-refractivity contribution in [3.8, 4) is 11.5 Å². The molecule has 116 valence electrons. The van der Waals surface area contributed by atoms with Crippen LogP contribution in [0.5, 0.6) is 11.5 Å². The standard InChI is InChI=1S/C18H21NO3/c1-19-8-7-18-11-4-5-13(20)17(18)22-16-14(21-2)6-3-10(15(16)18)9-12(11)19/h3-6,11-13,17,20H,7-9H2,1-2H3/t11-,12+,13+,17-,18+/m0/s1. The molecule has 5 atom stereocenters. The third-order valence-electron chi connectivity index (χ3n) is 6.35. The van der Waals surface area contributed by atoms with E-state index in [1.807, 2.05) is 12.1 Å². The number of hydrogen-bond acceptors (Lipinski definition) is 4. The average molecular weight is 299 g/mol. The fraction of sp³-hybridized carbons (Fsp3) is 0.556. The van der Waals surface area contributed by atoms with Gasteiger partial charge in [-0.15, -0.1) is 0 Å². The summed E-state index contributed by atoms with van der Waals surface area (Å²) in [5.74, 6) is 2.09. The van der Waals surface area contributed by atoms with Gasteiger partial charge in [-0.25, -0.2) is 0 Å². The Morgan fingerprint density at radius 1 is 1.36 bits per heavy atom. The number of likely N-dealkylation sites (N-methyl/N-ethyl adjacent to an activating group) is 1. The highest BCUT2D eigenvalue weighted by molar-refractivity contribution is 5.62. The van der Waals surface area contributed by atoms with Gasteiger partial charge in [0.2, 0.25) is 0 Å². The van der Waals surface area contributed by atoms with Crippen molar-refractivity contribution in [3.63, 3.8) is 0 Å². The molecule has 0 saturated carbocycles. The molecule has 2 heterocycles. The van der Waals surface area contributed by atoms with Gasteiger partial charge >= 0.3 is 0 Å². The summed E-state index contributed by atoms with van der Waals surface area (Å²) in [6.45, 7) is 1.05. The Morgan fingerprint density at radius 2 is 2.23 bits per heavy atom. The second kappa shape index (κ2) is 4.06. The van der Waals surface area contributed by atoms with Gasteiger partial charge in [0.05, 0.1) is 7.11 Å². The topological polar surface area (TPSA) is 41.9 Å². The smallest absolute Gasteiger partial charge is 0.165 e. The second-order valence-corrected chi connectivity index (χ2v) is 7.11. The zero-order valence-corrected chi connectivity index (χ0v) is 13.0. The van der Waals surface area contributed by atoms with E-state index in [1.165, 1.54) is 11.1 Å². The second-order valence-electron chi connectivity index (χ2n) is 7.11. The molecular weight excluding hydrogens is 278 g/mol. The van der Waals surface area contributed by atoms with E-state index in [9.17, 15) is 5.11 Å². The number of benzene rings is 1. The van der Waals surface area contributed by atoms with Crippen molar-refractivity contribution in [2.45, 2.75) is 36.5 Å². The number of methoxy groups -OCH3 is 1. The SMILES string of the molecule is COc1ccc2c3c1O[C@H]1[C@H](O)C=C[C@H]4[C@@H](C2)N(C)CC[C@]341. The molecule has 2 aliphatic carbocycles. The van der Waals surface area contributed by atoms with Gasteiger partial charge in [-0.2, -0.15) is 0 Å². The molecule has 4 nitrogen and oxygen atoms in total. The number of piperidine rings is 1. The van der Waals surface area contributed by atoms with Crippen LogP contribution in [0.4, 0.5) is 0 Å². The number of rotatable bonds is 1. The molecule has 4 heteroatoms. The van der Waals surface area contributed by atoms with Gasteiger partial charge in [0.1, 0.15) is 12.2 Å². The maximum absolute atomic E-state index is 10.6. The number of nitrogens with zero attached hydrogens (tertiary/aromatic N) is 1. The molecule has 0 aromatic heterocycles. The molecule has 1 spiro atoms. The van der Waals surface area contributed by atoms with Crippen molar-refractivity contribution in [2.75, 3.05) is 20.7 Å². The zero-order chi connectivity index (χ0) is 15.1. The Bertz CT molecular complexity index is 685. The van der Waals surface area contributed by atoms with Crippen LogP contribution >= 0.6 is 0 Å². The van der Waals surface area contributed by atoms with Gasteiger partial charge in [0.25, 0.3) is 0 Å². The van der Waals surface area contributed by atoms with E-state index in [0.29, 0.717) is 12.0 Å². The molecule has 0 unspecified atom stereocenters. The van der Waals surface area contributed by atoms with Crippen LogP contribution in [0, 0.1) is 5.92 Å². The molecule has 1 aromatic carbocycles. The van der Waals surface area contributed by atoms with Gasteiger partial charge in [0.15, 0.2) is 11.5 Å². The Kier molecular flexibility index (Phi) is 2.39. The minimum absolute atomic E-state index is 0.0806. The summed E-state index contributed by atoms with van der Waals surface area (Å²) in [6.07, 6.45) is 5.54. The van der Waals surface area contributed by atoms with Crippen LogP contribution in [-0.2, 0) is 11.8 Å². The van der Waals surface area contributed by atoms with Gasteiger partial charge in [-0.3, -0.25) is 0 Å². The number of likely N-dealkylation sites (tertiary alicyclic amines) is 1. The molecule has 1 fully saturated rings. The van der Waals surface area contributed by atoms with Crippen molar-refractivity contribution < 1.29 is 14.6 Å². The monoisotopic (exact) mass is 299 g/mol. The summed E-state index contributed by atoms with van der Waals surface area (Å²) in [5.41, 5.74) is 2.60. The van der Waals surface area contributed by atoms with Crippen LogP contribution in [0.1, 0.15) is 17.5 Å². The number of hydrogen-bond donors (Lipinski definition) is 1. The third kappa shape index (κ3) is 1.28. The molecular formula is C18H21NO3. The molecule has 2 bridgehead atoms. The number of aliphatic hydroxyl groups excluding tert-OH is 1. The predicted octanol–water partition coefficient (Wildman–Crippen LogP) is 1.50. The Hall–Kier alpha value is -1.52. The van der Waals surface area contributed by atoms with Crippen LogP contribution in [-0.4, -0.2) is 49.0 Å². The molecule has 2 aliphatic heterocycles. The Morgan fingerprint density at radius 3 is 3.05 bits per heavy atom. The summed E-state index contributed by atoms with van der Waals surface area (Å²) in [6, 6.07) is 4.70. The molecule has 1 aromatic rings. The first-order valence-electron chi connectivity index (χ1n) is 8.10. The molecule has 22 heavy (non-hydrogen) atoms. The molecule has 1 saturated heterocycles. The number of aliphatic hydroxyl groups is 1. The lowest BCUT2D eigenvalue weighted by molar-refractivity contribution is -0.0453. The lowest BCUT2D eigenvalue weighted by atomic mass is 9.53. The fourth-order valence-corrected chi connectivity index (χ4v) is 5.39. The summed E-state index contributed by atoms with van der Waals surface area (Å²) in [7, 11) is 3.91. The first kappa shape index (κ1) is 13.0. The van der Waals surface area contributed by atoms with Crippen LogP contribution in [0.15, 0.2) is 24.3 Å². The van der Waals surface area contributed by atoms with Crippen molar-refractivity contribution in [1.82, 2.24) is 4.90 Å². The molecule has 0 radical (unpaired) electrons. The minimum atomic E-state index is -0.539. The van der Waals surface area contributed by atoms with Crippen molar-refractivity contribution in [1.29, 1.82) is 0 Å². The molecule has 4 aliphatic rings. The highest BCUT2D eigenvalue weighted by Gasteiger charge is 2.64. The largest absolute Gasteiger partial charge is 0.493 e. The van der Waals surface area contributed by atoms with E-state index in [1.54, 1.807) is 7.11 Å². The Balaban J connectivity index is 1.82. The van der Waals surface area contributed by atoms with E-state index in [4.69, 9.17) is 9.47 Å². The van der Waals surface area contributed by atoms with Crippen LogP contribution in [0.2, 0.25) is 0 Å². The highest BCUT2D eigenvalue weighted by Crippen LogP contribution is 2.62. The van der Waals surface area contributed by atoms with E-state index >= 15 is 0 Å². The van der Waals surface area contributed by atoms with Crippen LogP contribution < -0.4 is 9.47 Å². The zero-order valence-electron chi connectivity index (χ0n) is 13.0. The molecule has 1 N–H and O–H groups in total. The number of ether oxygens (including phenoxy) is 2. The van der Waals surface area contributed by atoms with Gasteiger partial charge in [-0.1, -0.05) is 18.2 Å². The summed E-state index contributed by atoms with van der Waals surface area (Å²) in [4.78, 5) is 2.47. The lowest BCUT2D eigenvalue weighted by Gasteiger charge is -2.56. The Labute approximate surface area is 130 Å². The van der Waals surface area contributed by atoms with Gasteiger partial charge in [-0.05, 0) is 38.1 Å². The summed E-state index contributed by atoms with van der Waals surface area (Å²) in [5, 5.41) is 10.6. The van der Waals surface area contributed by atoms with E-state index in [2.05, 4.69) is 24.1 Å². The van der Waals surface area contributed by atoms with Gasteiger partial charge < -0.3 is 19.5 Å². The quantitative estimate of drug-likeness (QED) is 0.798. The third-order valence-corrected chi connectivity index (χ3v) is 6.35.